The first-order valence-electron chi connectivity index (χ1n) is 3.50. The van der Waals surface area contributed by atoms with Crippen molar-refractivity contribution in [1.82, 2.24) is 5.48 Å². The van der Waals surface area contributed by atoms with Crippen molar-refractivity contribution in [2.45, 2.75) is 19.4 Å². The van der Waals surface area contributed by atoms with Crippen LogP contribution in [0, 0.1) is 0 Å². The van der Waals surface area contributed by atoms with Crippen molar-refractivity contribution in [2.75, 3.05) is 6.61 Å². The van der Waals surface area contributed by atoms with Crippen LogP contribution in [0.2, 0.25) is 0 Å². The molecule has 1 heterocycles. The predicted molar refractivity (Wildman–Crippen MR) is 38.0 cm³/mol. The first-order chi connectivity index (χ1) is 5.24. The second kappa shape index (κ2) is 3.50. The van der Waals surface area contributed by atoms with Crippen molar-refractivity contribution in [3.05, 3.63) is 11.6 Å². The second-order valence-electron chi connectivity index (χ2n) is 2.46. The Morgan fingerprint density at radius 3 is 3.09 bits per heavy atom. The van der Waals surface area contributed by atoms with E-state index in [2.05, 4.69) is 0 Å². The Labute approximate surface area is 64.8 Å². The molecule has 1 unspecified atom stereocenters. The molecule has 4 nitrogen and oxygen atoms in total. The van der Waals surface area contributed by atoms with Gasteiger partial charge in [0.25, 0.3) is 5.91 Å². The second-order valence-corrected chi connectivity index (χ2v) is 2.46. The molecule has 0 aromatic carbocycles. The number of hydroxylamine groups is 1. The summed E-state index contributed by atoms with van der Waals surface area (Å²) in [6, 6.07) is 0. The Balaban J connectivity index is 2.57. The monoisotopic (exact) mass is 157 g/mol. The molecule has 1 atom stereocenters. The highest BCUT2D eigenvalue weighted by molar-refractivity contribution is 5.87. The van der Waals surface area contributed by atoms with Crippen LogP contribution >= 0.6 is 0 Å². The van der Waals surface area contributed by atoms with Gasteiger partial charge in [0.05, 0.1) is 12.7 Å². The summed E-state index contributed by atoms with van der Waals surface area (Å²) in [6.45, 7) is 2.54. The van der Waals surface area contributed by atoms with E-state index in [4.69, 9.17) is 9.94 Å². The molecule has 0 aromatic rings. The number of nitrogens with one attached hydrogen (secondary N) is 1. The quantitative estimate of drug-likeness (QED) is 0.325. The van der Waals surface area contributed by atoms with Gasteiger partial charge in [-0.05, 0) is 18.9 Å². The number of hydrogen-bond donors (Lipinski definition) is 2. The fourth-order valence-corrected chi connectivity index (χ4v) is 1.05. The smallest absolute Gasteiger partial charge is 0.267 e. The summed E-state index contributed by atoms with van der Waals surface area (Å²) in [5.74, 6) is -0.489. The third-order valence-corrected chi connectivity index (χ3v) is 1.71. The lowest BCUT2D eigenvalue weighted by molar-refractivity contribution is -0.124. The van der Waals surface area contributed by atoms with Gasteiger partial charge in [-0.3, -0.25) is 10.0 Å². The molecule has 0 aliphatic carbocycles. The summed E-state index contributed by atoms with van der Waals surface area (Å²) in [7, 11) is 0. The predicted octanol–water partition coefficient (Wildman–Crippen LogP) is 0.227. The molecule has 1 saturated heterocycles. The molecule has 0 bridgehead atoms. The van der Waals surface area contributed by atoms with Crippen molar-refractivity contribution in [3.8, 4) is 0 Å². The topological polar surface area (TPSA) is 58.6 Å². The van der Waals surface area contributed by atoms with Gasteiger partial charge >= 0.3 is 0 Å². The number of ether oxygens (including phenoxy) is 1. The molecule has 4 heteroatoms. The lowest BCUT2D eigenvalue weighted by Gasteiger charge is -2.01. The van der Waals surface area contributed by atoms with E-state index in [1.807, 2.05) is 6.92 Å². The van der Waals surface area contributed by atoms with Gasteiger partial charge < -0.3 is 4.74 Å². The van der Waals surface area contributed by atoms with Crippen LogP contribution in [-0.2, 0) is 9.53 Å². The van der Waals surface area contributed by atoms with Crippen molar-refractivity contribution < 1.29 is 14.7 Å². The SMILES string of the molecule is CC1OCC/C1=C\C(=O)NO. The molecule has 1 fully saturated rings. The molecule has 0 radical (unpaired) electrons. The minimum atomic E-state index is -0.489. The number of amides is 1. The summed E-state index contributed by atoms with van der Waals surface area (Å²) in [4.78, 5) is 10.6. The third-order valence-electron chi connectivity index (χ3n) is 1.71. The lowest BCUT2D eigenvalue weighted by Crippen LogP contribution is -2.17. The van der Waals surface area contributed by atoms with Gasteiger partial charge in [0, 0.05) is 6.08 Å². The van der Waals surface area contributed by atoms with Crippen LogP contribution in [-0.4, -0.2) is 23.8 Å². The van der Waals surface area contributed by atoms with Crippen LogP contribution in [0.15, 0.2) is 11.6 Å². The number of carbonyl (C=O) groups excluding carboxylic acids is 1. The van der Waals surface area contributed by atoms with Crippen molar-refractivity contribution in [2.24, 2.45) is 0 Å². The molecule has 1 aliphatic heterocycles. The Hall–Kier alpha value is -0.870. The van der Waals surface area contributed by atoms with Crippen molar-refractivity contribution in [1.29, 1.82) is 0 Å². The van der Waals surface area contributed by atoms with Gasteiger partial charge in [0.15, 0.2) is 0 Å². The molecule has 2 N–H and O–H groups in total. The van der Waals surface area contributed by atoms with Crippen LogP contribution in [0.4, 0.5) is 0 Å². The van der Waals surface area contributed by atoms with Gasteiger partial charge in [-0.2, -0.15) is 0 Å². The average molecular weight is 157 g/mol. The zero-order chi connectivity index (χ0) is 8.27. The van der Waals surface area contributed by atoms with Crippen molar-refractivity contribution >= 4 is 5.91 Å². The normalized spacial score (nSPS) is 27.5. The Kier molecular flexibility index (Phi) is 2.62. The highest BCUT2D eigenvalue weighted by Crippen LogP contribution is 2.18. The maximum Gasteiger partial charge on any atom is 0.267 e. The van der Waals surface area contributed by atoms with Crippen LogP contribution in [0.1, 0.15) is 13.3 Å². The number of rotatable bonds is 1. The average Bonchev–Trinajstić information content (AvgIpc) is 2.37. The van der Waals surface area contributed by atoms with E-state index in [0.717, 1.165) is 12.0 Å². The zero-order valence-corrected chi connectivity index (χ0v) is 6.33. The maximum absolute atomic E-state index is 10.6. The van der Waals surface area contributed by atoms with Crippen molar-refractivity contribution in [3.63, 3.8) is 0 Å². The highest BCUT2D eigenvalue weighted by atomic mass is 16.5. The summed E-state index contributed by atoms with van der Waals surface area (Å²) in [5, 5.41) is 8.20. The Morgan fingerprint density at radius 2 is 2.64 bits per heavy atom. The summed E-state index contributed by atoms with van der Waals surface area (Å²) >= 11 is 0. The third kappa shape index (κ3) is 2.03. The first kappa shape index (κ1) is 8.23. The van der Waals surface area contributed by atoms with E-state index < -0.39 is 5.91 Å². The molecule has 0 spiro atoms. The van der Waals surface area contributed by atoms with Crippen LogP contribution in [0.5, 0.6) is 0 Å². The van der Waals surface area contributed by atoms with E-state index in [9.17, 15) is 4.79 Å². The standard InChI is InChI=1S/C7H11NO3/c1-5-6(2-3-11-5)4-7(9)8-10/h4-5,10H,2-3H2,1H3,(H,8,9)/b6-4+. The first-order valence-corrected chi connectivity index (χ1v) is 3.50. The van der Waals surface area contributed by atoms with E-state index in [1.54, 1.807) is 5.48 Å². The fraction of sp³-hybridized carbons (Fsp3) is 0.571. The largest absolute Gasteiger partial charge is 0.374 e. The van der Waals surface area contributed by atoms with Gasteiger partial charge in [0.2, 0.25) is 0 Å². The van der Waals surface area contributed by atoms with E-state index in [-0.39, 0.29) is 6.10 Å². The van der Waals surface area contributed by atoms with E-state index >= 15 is 0 Å². The molecule has 62 valence electrons. The molecule has 0 saturated carbocycles. The van der Waals surface area contributed by atoms with E-state index in [1.165, 1.54) is 6.08 Å². The van der Waals surface area contributed by atoms with E-state index in [0.29, 0.717) is 6.61 Å². The minimum absolute atomic E-state index is 0.00676. The van der Waals surface area contributed by atoms with Crippen LogP contribution < -0.4 is 5.48 Å². The lowest BCUT2D eigenvalue weighted by atomic mass is 10.1. The Morgan fingerprint density at radius 1 is 1.91 bits per heavy atom. The number of carbonyl (C=O) groups is 1. The molecule has 1 aliphatic rings. The molecule has 11 heavy (non-hydrogen) atoms. The molecule has 1 amide bonds. The summed E-state index contributed by atoms with van der Waals surface area (Å²) in [5.41, 5.74) is 2.47. The van der Waals surface area contributed by atoms with Gasteiger partial charge in [0.1, 0.15) is 0 Å². The van der Waals surface area contributed by atoms with Crippen LogP contribution in [0.3, 0.4) is 0 Å². The molecular formula is C7H11NO3. The molecule has 0 aromatic heterocycles. The minimum Gasteiger partial charge on any atom is -0.374 e. The Bertz CT molecular complexity index is 188. The molecule has 1 rings (SSSR count). The van der Waals surface area contributed by atoms with Crippen LogP contribution in [0.25, 0.3) is 0 Å². The van der Waals surface area contributed by atoms with Gasteiger partial charge in [-0.15, -0.1) is 0 Å². The summed E-state index contributed by atoms with van der Waals surface area (Å²) < 4.78 is 5.18. The fourth-order valence-electron chi connectivity index (χ4n) is 1.05. The number of hydrogen-bond acceptors (Lipinski definition) is 3. The summed E-state index contributed by atoms with van der Waals surface area (Å²) in [6.07, 6.45) is 2.15. The highest BCUT2D eigenvalue weighted by Gasteiger charge is 2.17. The zero-order valence-electron chi connectivity index (χ0n) is 6.33. The maximum atomic E-state index is 10.6. The van der Waals surface area contributed by atoms with Gasteiger partial charge in [-0.1, -0.05) is 0 Å². The van der Waals surface area contributed by atoms with Gasteiger partial charge in [-0.25, -0.2) is 5.48 Å². The molecular weight excluding hydrogens is 146 g/mol.